The van der Waals surface area contributed by atoms with E-state index < -0.39 is 47.9 Å². The second-order valence-corrected chi connectivity index (χ2v) is 12.7. The molecule has 2 bridgehead atoms. The van der Waals surface area contributed by atoms with E-state index in [0.717, 1.165) is 16.4 Å². The number of halogens is 2. The van der Waals surface area contributed by atoms with Crippen LogP contribution in [0, 0.1) is 35.5 Å². The first-order chi connectivity index (χ1) is 20.2. The third-order valence-corrected chi connectivity index (χ3v) is 10.1. The number of thiophene rings is 1. The Bertz CT molecular complexity index is 1650. The summed E-state index contributed by atoms with van der Waals surface area (Å²) >= 11 is 13.6. The molecule has 3 aromatic rings. The number of hydrogen-bond donors (Lipinski definition) is 0. The molecule has 4 aliphatic carbocycles. The summed E-state index contributed by atoms with van der Waals surface area (Å²) in [7, 11) is 0. The summed E-state index contributed by atoms with van der Waals surface area (Å²) in [4.78, 5) is 67.8. The molecule has 2 saturated carbocycles. The van der Waals surface area contributed by atoms with Crippen LogP contribution in [0.15, 0.2) is 72.1 Å². The Kier molecular flexibility index (Phi) is 6.56. The molecule has 0 unspecified atom stereocenters. The topological polar surface area (TPSA) is 101 Å². The monoisotopic (exact) mass is 620 g/mol. The zero-order valence-electron chi connectivity index (χ0n) is 21.8. The summed E-state index contributed by atoms with van der Waals surface area (Å²) in [6.45, 7) is -0.585. The van der Waals surface area contributed by atoms with Crippen molar-refractivity contribution in [2.45, 2.75) is 6.42 Å². The number of allylic oxidation sites excluding steroid dienone is 2. The number of imide groups is 1. The first-order valence-corrected chi connectivity index (χ1v) is 15.1. The molecule has 212 valence electrons. The fourth-order valence-electron chi connectivity index (χ4n) is 6.70. The fourth-order valence-corrected chi connectivity index (χ4v) is 7.79. The molecule has 2 heterocycles. The van der Waals surface area contributed by atoms with E-state index >= 15 is 0 Å². The van der Waals surface area contributed by atoms with Crippen molar-refractivity contribution in [3.05, 3.63) is 98.2 Å². The maximum absolute atomic E-state index is 13.9. The number of benzene rings is 2. The van der Waals surface area contributed by atoms with Crippen LogP contribution in [0.3, 0.4) is 0 Å². The van der Waals surface area contributed by atoms with Gasteiger partial charge < -0.3 is 4.74 Å². The van der Waals surface area contributed by atoms with Gasteiger partial charge in [0.1, 0.15) is 17.2 Å². The minimum absolute atomic E-state index is 0.00381. The quantitative estimate of drug-likeness (QED) is 0.113. The highest BCUT2D eigenvalue weighted by molar-refractivity contribution is 7.12. The van der Waals surface area contributed by atoms with Crippen LogP contribution in [0.1, 0.15) is 36.8 Å². The first-order valence-electron chi connectivity index (χ1n) is 13.4. The van der Waals surface area contributed by atoms with Crippen molar-refractivity contribution >= 4 is 64.0 Å². The Morgan fingerprint density at radius 2 is 1.60 bits per heavy atom. The van der Waals surface area contributed by atoms with Crippen molar-refractivity contribution in [1.82, 2.24) is 10.0 Å². The lowest BCUT2D eigenvalue weighted by molar-refractivity contribution is -0.154. The Balaban J connectivity index is 1.17. The number of hydrogen-bond acceptors (Lipinski definition) is 7. The number of esters is 1. The Labute approximate surface area is 254 Å². The predicted molar refractivity (Wildman–Crippen MR) is 154 cm³/mol. The van der Waals surface area contributed by atoms with Gasteiger partial charge in [0, 0.05) is 10.6 Å². The Hall–Kier alpha value is -3.79. The van der Waals surface area contributed by atoms with Crippen LogP contribution in [0.2, 0.25) is 10.0 Å². The SMILES string of the molecule is O=C(CN(C(=O)c1ccc(Cl)cc1Cl)N1C(=O)[C@@H]2[C@H]3C=C[C@@H]([C@@H]4C[C@H]34)[C@H]2C1=O)c1ccc(OC(=O)c2cccs2)cc1. The summed E-state index contributed by atoms with van der Waals surface area (Å²) in [6.07, 6.45) is 5.07. The van der Waals surface area contributed by atoms with E-state index in [2.05, 4.69) is 0 Å². The molecular weight excluding hydrogens is 599 g/mol. The van der Waals surface area contributed by atoms with Crippen LogP contribution in [-0.2, 0) is 9.59 Å². The Morgan fingerprint density at radius 3 is 2.19 bits per heavy atom. The van der Waals surface area contributed by atoms with Gasteiger partial charge in [0.15, 0.2) is 5.78 Å². The number of Topliss-reactive ketones (excluding diaryl/α,β-unsaturated/α-hetero) is 1. The van der Waals surface area contributed by atoms with Gasteiger partial charge in [-0.3, -0.25) is 19.2 Å². The third kappa shape index (κ3) is 4.38. The van der Waals surface area contributed by atoms with Gasteiger partial charge in [0.05, 0.1) is 22.4 Å². The van der Waals surface area contributed by atoms with Gasteiger partial charge in [0.25, 0.3) is 17.7 Å². The molecule has 3 fully saturated rings. The molecule has 0 radical (unpaired) electrons. The predicted octanol–water partition coefficient (Wildman–Crippen LogP) is 5.57. The minimum Gasteiger partial charge on any atom is -0.422 e. The highest BCUT2D eigenvalue weighted by Crippen LogP contribution is 2.65. The molecule has 42 heavy (non-hydrogen) atoms. The second-order valence-electron chi connectivity index (χ2n) is 10.9. The van der Waals surface area contributed by atoms with Crippen LogP contribution in [0.4, 0.5) is 0 Å². The van der Waals surface area contributed by atoms with Gasteiger partial charge in [-0.15, -0.1) is 11.3 Å². The maximum atomic E-state index is 13.9. The van der Waals surface area contributed by atoms with Crippen molar-refractivity contribution in [3.63, 3.8) is 0 Å². The molecule has 2 aromatic carbocycles. The largest absolute Gasteiger partial charge is 0.422 e. The molecule has 0 spiro atoms. The molecule has 6 atom stereocenters. The first kappa shape index (κ1) is 27.1. The lowest BCUT2D eigenvalue weighted by Gasteiger charge is -2.37. The van der Waals surface area contributed by atoms with Crippen LogP contribution >= 0.6 is 34.5 Å². The normalized spacial score (nSPS) is 26.6. The number of nitrogens with zero attached hydrogens (tertiary/aromatic N) is 2. The number of ketones is 1. The number of rotatable bonds is 7. The molecule has 8 rings (SSSR count). The van der Waals surface area contributed by atoms with E-state index in [1.807, 2.05) is 12.2 Å². The van der Waals surface area contributed by atoms with Crippen molar-refractivity contribution < 1.29 is 28.7 Å². The smallest absolute Gasteiger partial charge is 0.353 e. The molecule has 1 aliphatic heterocycles. The van der Waals surface area contributed by atoms with Crippen molar-refractivity contribution in [2.75, 3.05) is 6.54 Å². The highest BCUT2D eigenvalue weighted by Gasteiger charge is 2.68. The summed E-state index contributed by atoms with van der Waals surface area (Å²) < 4.78 is 5.36. The molecule has 5 aliphatic rings. The van der Waals surface area contributed by atoms with Gasteiger partial charge in [0.2, 0.25) is 0 Å². The second kappa shape index (κ2) is 10.2. The van der Waals surface area contributed by atoms with E-state index in [4.69, 9.17) is 27.9 Å². The number of amides is 3. The summed E-state index contributed by atoms with van der Waals surface area (Å²) in [5.74, 6) is -2.99. The van der Waals surface area contributed by atoms with Gasteiger partial charge in [-0.1, -0.05) is 41.4 Å². The molecule has 11 heteroatoms. The standard InChI is InChI=1S/C31H22Cl2N2O6S/c32-16-5-8-20(23(33)12-16)28(37)34(35-29(38)26-18-9-10-19(22-13-21(18)22)27(26)30(35)39)14-24(36)15-3-6-17(7-4-15)41-31(40)25-2-1-11-42-25/h1-12,18-19,21-22,26-27H,13-14H2/t18-,19-,21-,22+,26+,27+/m0/s1. The molecular formula is C31H22Cl2N2O6S. The summed E-state index contributed by atoms with van der Waals surface area (Å²) in [5, 5.41) is 3.88. The summed E-state index contributed by atoms with van der Waals surface area (Å²) in [5.41, 5.74) is 0.203. The van der Waals surface area contributed by atoms with E-state index in [1.165, 1.54) is 53.8 Å². The van der Waals surface area contributed by atoms with Crippen molar-refractivity contribution in [1.29, 1.82) is 0 Å². The number of ether oxygens (including phenoxy) is 1. The van der Waals surface area contributed by atoms with Crippen LogP contribution in [0.25, 0.3) is 0 Å². The summed E-state index contributed by atoms with van der Waals surface area (Å²) in [6, 6.07) is 13.5. The van der Waals surface area contributed by atoms with Gasteiger partial charge in [-0.2, -0.15) is 5.01 Å². The zero-order valence-corrected chi connectivity index (χ0v) is 24.1. The van der Waals surface area contributed by atoms with Gasteiger partial charge >= 0.3 is 5.97 Å². The lowest BCUT2D eigenvalue weighted by atomic mass is 9.63. The molecule has 1 aromatic heterocycles. The fraction of sp³-hybridized carbons (Fsp3) is 0.258. The zero-order chi connectivity index (χ0) is 29.3. The third-order valence-electron chi connectivity index (χ3n) is 8.68. The molecule has 3 amide bonds. The lowest BCUT2D eigenvalue weighted by Crippen LogP contribution is -2.52. The number of hydrazine groups is 1. The van der Waals surface area contributed by atoms with Gasteiger partial charge in [-0.25, -0.2) is 9.80 Å². The van der Waals surface area contributed by atoms with Gasteiger partial charge in [-0.05, 0) is 84.0 Å². The maximum Gasteiger partial charge on any atom is 0.353 e. The van der Waals surface area contributed by atoms with E-state index in [0.29, 0.717) is 21.7 Å². The van der Waals surface area contributed by atoms with Crippen LogP contribution in [0.5, 0.6) is 5.75 Å². The minimum atomic E-state index is -0.766. The Morgan fingerprint density at radius 1 is 0.929 bits per heavy atom. The van der Waals surface area contributed by atoms with E-state index in [1.54, 1.807) is 17.5 Å². The molecule has 0 N–H and O–H groups in total. The van der Waals surface area contributed by atoms with Crippen molar-refractivity contribution in [2.24, 2.45) is 35.5 Å². The molecule has 1 saturated heterocycles. The molecule has 8 nitrogen and oxygen atoms in total. The van der Waals surface area contributed by atoms with E-state index in [9.17, 15) is 24.0 Å². The average molecular weight is 621 g/mol. The van der Waals surface area contributed by atoms with E-state index in [-0.39, 0.29) is 33.7 Å². The van der Waals surface area contributed by atoms with Crippen molar-refractivity contribution in [3.8, 4) is 5.75 Å². The number of carbonyl (C=O) groups is 5. The van der Waals surface area contributed by atoms with Crippen LogP contribution < -0.4 is 4.74 Å². The highest BCUT2D eigenvalue weighted by atomic mass is 35.5. The number of carbonyl (C=O) groups excluding carboxylic acids is 5. The van der Waals surface area contributed by atoms with Crippen LogP contribution in [-0.4, -0.2) is 46.0 Å². The average Bonchev–Trinajstić information content (AvgIpc) is 3.54.